The molecule has 2 fully saturated rings. The van der Waals surface area contributed by atoms with E-state index >= 15 is 0 Å². The van der Waals surface area contributed by atoms with Crippen LogP contribution >= 0.6 is 0 Å². The number of carbonyl (C=O) groups is 3. The number of H-pyrrole nitrogens is 2. The van der Waals surface area contributed by atoms with Crippen molar-refractivity contribution in [1.29, 1.82) is 0 Å². The minimum atomic E-state index is -0.289. The topological polar surface area (TPSA) is 139 Å². The molecule has 11 nitrogen and oxygen atoms in total. The molecule has 3 heterocycles. The first-order chi connectivity index (χ1) is 27.3. The van der Waals surface area contributed by atoms with Gasteiger partial charge in [0.25, 0.3) is 0 Å². The molecule has 5 aromatic rings. The van der Waals surface area contributed by atoms with Gasteiger partial charge in [-0.15, -0.1) is 0 Å². The molecule has 0 spiro atoms. The van der Waals surface area contributed by atoms with E-state index in [0.29, 0.717) is 18.9 Å². The first-order valence-corrected chi connectivity index (χ1v) is 19.4. The van der Waals surface area contributed by atoms with E-state index in [1.165, 1.54) is 6.42 Å². The summed E-state index contributed by atoms with van der Waals surface area (Å²) < 4.78 is 0. The Labute approximate surface area is 330 Å². The third kappa shape index (κ3) is 13.2. The zero-order valence-corrected chi connectivity index (χ0v) is 32.7. The van der Waals surface area contributed by atoms with E-state index < -0.39 is 0 Å². The molecule has 56 heavy (non-hydrogen) atoms. The number of hydrogen-bond donors (Lipinski definition) is 4. The molecule has 3 aromatic carbocycles. The lowest BCUT2D eigenvalue weighted by atomic mass is 10.1. The van der Waals surface area contributed by atoms with Gasteiger partial charge >= 0.3 is 0 Å². The van der Waals surface area contributed by atoms with Crippen molar-refractivity contribution in [3.63, 3.8) is 0 Å². The van der Waals surface area contributed by atoms with Gasteiger partial charge in [-0.1, -0.05) is 84.8 Å². The number of aldehydes is 1. The van der Waals surface area contributed by atoms with E-state index in [1.54, 1.807) is 0 Å². The Hall–Kier alpha value is -5.83. The van der Waals surface area contributed by atoms with Gasteiger partial charge in [0.1, 0.15) is 29.7 Å². The van der Waals surface area contributed by atoms with Crippen LogP contribution in [0, 0.1) is 17.8 Å². The van der Waals surface area contributed by atoms with Crippen molar-refractivity contribution in [2.75, 3.05) is 40.8 Å². The average Bonchev–Trinajstić information content (AvgIpc) is 3.54. The first-order valence-electron chi connectivity index (χ1n) is 19.4. The Morgan fingerprint density at radius 3 is 2.20 bits per heavy atom. The summed E-state index contributed by atoms with van der Waals surface area (Å²) in [5, 5.41) is 5.58. The summed E-state index contributed by atoms with van der Waals surface area (Å²) in [6.45, 7) is 1.92. The van der Waals surface area contributed by atoms with Crippen molar-refractivity contribution in [2.24, 2.45) is 5.92 Å². The Balaban J connectivity index is 0.000000331. The van der Waals surface area contributed by atoms with Crippen LogP contribution < -0.4 is 10.6 Å². The highest BCUT2D eigenvalue weighted by atomic mass is 16.2. The molecular weight excluding hydrogens is 701 g/mol. The van der Waals surface area contributed by atoms with E-state index in [0.717, 1.165) is 84.8 Å². The van der Waals surface area contributed by atoms with E-state index in [1.807, 2.05) is 110 Å². The van der Waals surface area contributed by atoms with E-state index in [9.17, 15) is 14.4 Å². The number of carbonyl (C=O) groups excluding carboxylic acids is 3. The van der Waals surface area contributed by atoms with E-state index in [-0.39, 0.29) is 30.3 Å². The van der Waals surface area contributed by atoms with Crippen LogP contribution in [0.3, 0.4) is 0 Å². The molecule has 2 amide bonds. The summed E-state index contributed by atoms with van der Waals surface area (Å²) in [4.78, 5) is 53.4. The van der Waals surface area contributed by atoms with Gasteiger partial charge < -0.3 is 25.4 Å². The molecule has 1 saturated heterocycles. The van der Waals surface area contributed by atoms with Crippen LogP contribution in [0.5, 0.6) is 0 Å². The monoisotopic (exact) mass is 754 g/mol. The van der Waals surface area contributed by atoms with Crippen LogP contribution in [0.15, 0.2) is 103 Å². The summed E-state index contributed by atoms with van der Waals surface area (Å²) in [7, 11) is 6.00. The molecule has 2 atom stereocenters. The lowest BCUT2D eigenvalue weighted by Gasteiger charge is -2.23. The smallest absolute Gasteiger partial charge is 0.241 e. The summed E-state index contributed by atoms with van der Waals surface area (Å²) >= 11 is 0. The largest absolute Gasteiger partial charge is 0.354 e. The maximum atomic E-state index is 12.8. The van der Waals surface area contributed by atoms with Crippen LogP contribution in [-0.4, -0.2) is 88.6 Å². The lowest BCUT2D eigenvalue weighted by molar-refractivity contribution is -0.125. The Bertz CT molecular complexity index is 1970. The van der Waals surface area contributed by atoms with Crippen LogP contribution in [0.4, 0.5) is 0 Å². The highest BCUT2D eigenvalue weighted by Gasteiger charge is 2.29. The van der Waals surface area contributed by atoms with Crippen molar-refractivity contribution < 1.29 is 14.4 Å². The second kappa shape index (κ2) is 21.9. The van der Waals surface area contributed by atoms with Gasteiger partial charge in [0.05, 0.1) is 30.7 Å². The number of rotatable bonds is 13. The Morgan fingerprint density at radius 1 is 0.875 bits per heavy atom. The minimum Gasteiger partial charge on any atom is -0.354 e. The van der Waals surface area contributed by atoms with Crippen LogP contribution in [0.1, 0.15) is 79.1 Å². The predicted molar refractivity (Wildman–Crippen MR) is 220 cm³/mol. The minimum absolute atomic E-state index is 0.0286. The van der Waals surface area contributed by atoms with Crippen molar-refractivity contribution in [2.45, 2.75) is 57.0 Å². The molecule has 0 radical (unpaired) electrons. The number of likely N-dealkylation sites (tertiary alicyclic amines) is 1. The number of hydrogen-bond acceptors (Lipinski definition) is 7. The third-order valence-electron chi connectivity index (χ3n) is 9.59. The zero-order valence-electron chi connectivity index (χ0n) is 32.7. The molecule has 1 aliphatic heterocycles. The number of nitrogens with one attached hydrogen (secondary N) is 4. The summed E-state index contributed by atoms with van der Waals surface area (Å²) in [6.07, 6.45) is 11.4. The number of aromatic amines is 2. The molecule has 11 heteroatoms. The standard InChI is InChI=1S/C33H39N7O.C6H9NO2.C6H6/c1-39(2)31(26-10-5-4-6-11-26)33(41)34-20-8-7-13-30-35-23-28(38-30)25-17-14-24(15-18-25)16-19-27-22-36-32(37-27)29-12-9-21-40(29)3;8-4-3-7-6(9)5-1-2-5;1-2-4-6-5-3-1/h4-6,10-11,14-15,17-18,22-23,29,31H,7-9,12-13,20-21H2,1-3H3,(H,34,41)(H,35,38)(H,36,37);4-5H,1-3H2,(H,7,9);1-6H. The van der Waals surface area contributed by atoms with Crippen LogP contribution in [0.25, 0.3) is 11.3 Å². The molecule has 2 unspecified atom stereocenters. The molecule has 2 aliphatic rings. The number of likely N-dealkylation sites (N-methyl/N-ethyl adjacent to an activating group) is 1. The van der Waals surface area contributed by atoms with E-state index in [4.69, 9.17) is 0 Å². The van der Waals surface area contributed by atoms with Crippen molar-refractivity contribution in [3.05, 3.63) is 132 Å². The van der Waals surface area contributed by atoms with Gasteiger partial charge in [0, 0.05) is 24.4 Å². The highest BCUT2D eigenvalue weighted by molar-refractivity contribution is 5.83. The van der Waals surface area contributed by atoms with Crippen molar-refractivity contribution in [1.82, 2.24) is 40.4 Å². The van der Waals surface area contributed by atoms with Gasteiger partial charge in [-0.2, -0.15) is 0 Å². The van der Waals surface area contributed by atoms with Gasteiger partial charge in [0.15, 0.2) is 0 Å². The van der Waals surface area contributed by atoms with Gasteiger partial charge in [-0.05, 0) is 95.4 Å². The molecule has 2 aromatic heterocycles. The molecule has 4 N–H and O–H groups in total. The fourth-order valence-corrected chi connectivity index (χ4v) is 6.40. The molecule has 0 bridgehead atoms. The molecule has 292 valence electrons. The zero-order chi connectivity index (χ0) is 39.5. The number of benzene rings is 3. The second-order valence-electron chi connectivity index (χ2n) is 14.3. The third-order valence-corrected chi connectivity index (χ3v) is 9.59. The van der Waals surface area contributed by atoms with Gasteiger partial charge in [-0.3, -0.25) is 19.4 Å². The predicted octanol–water partition coefficient (Wildman–Crippen LogP) is 6.11. The van der Waals surface area contributed by atoms with E-state index in [2.05, 4.69) is 66.5 Å². The molecular formula is C45H54N8O3. The Morgan fingerprint density at radius 2 is 1.57 bits per heavy atom. The van der Waals surface area contributed by atoms with Crippen LogP contribution in [-0.2, 0) is 20.8 Å². The maximum Gasteiger partial charge on any atom is 0.241 e. The maximum absolute atomic E-state index is 12.8. The molecule has 7 rings (SSSR count). The van der Waals surface area contributed by atoms with Crippen LogP contribution in [0.2, 0.25) is 0 Å². The normalized spacial score (nSPS) is 15.2. The number of amides is 2. The first kappa shape index (κ1) is 41.3. The lowest BCUT2D eigenvalue weighted by Crippen LogP contribution is -2.37. The number of imidazole rings is 2. The summed E-state index contributed by atoms with van der Waals surface area (Å²) in [5.74, 6) is 8.67. The number of aryl methyl sites for hydroxylation is 1. The number of nitrogens with zero attached hydrogens (tertiary/aromatic N) is 4. The number of aromatic nitrogens is 4. The summed E-state index contributed by atoms with van der Waals surface area (Å²) in [5.41, 5.74) is 4.86. The van der Waals surface area contributed by atoms with Gasteiger partial charge in [-0.25, -0.2) is 9.97 Å². The highest BCUT2D eigenvalue weighted by Crippen LogP contribution is 2.29. The number of unbranched alkanes of at least 4 members (excludes halogenated alkanes) is 1. The fraction of sp³-hybridized carbons (Fsp3) is 0.356. The fourth-order valence-electron chi connectivity index (χ4n) is 6.40. The average molecular weight is 755 g/mol. The second-order valence-corrected chi connectivity index (χ2v) is 14.3. The van der Waals surface area contributed by atoms with Crippen molar-refractivity contribution in [3.8, 4) is 23.1 Å². The molecule has 1 aliphatic carbocycles. The Kier molecular flexibility index (Phi) is 16.2. The molecule has 1 saturated carbocycles. The van der Waals surface area contributed by atoms with Crippen molar-refractivity contribution >= 4 is 18.1 Å². The summed E-state index contributed by atoms with van der Waals surface area (Å²) in [6, 6.07) is 30.2. The quantitative estimate of drug-likeness (QED) is 0.0647. The van der Waals surface area contributed by atoms with Gasteiger partial charge in [0.2, 0.25) is 11.8 Å². The SMILES string of the molecule is CN(C)C(C(=O)NCCCCc1ncc(-c2ccc(C#Cc3cnc(C4CCCN4C)[nH]3)cc2)[nH]1)c1ccccc1.O=CCNC(=O)C1CC1.c1ccccc1.